The molecule has 2 saturated heterocycles. The molecule has 1 spiro atoms. The van der Waals surface area contributed by atoms with E-state index in [2.05, 4.69) is 21.2 Å². The highest BCUT2D eigenvalue weighted by Crippen LogP contribution is 2.59. The van der Waals surface area contributed by atoms with Gasteiger partial charge in [-0.05, 0) is 43.0 Å². The first-order valence-electron chi connectivity index (χ1n) is 15.2. The Hall–Kier alpha value is -3.80. The predicted octanol–water partition coefficient (Wildman–Crippen LogP) is 3.25. The van der Waals surface area contributed by atoms with Crippen molar-refractivity contribution in [2.75, 3.05) is 31.1 Å². The fourth-order valence-corrected chi connectivity index (χ4v) is 7.94. The summed E-state index contributed by atoms with van der Waals surface area (Å²) >= 11 is 3.56. The van der Waals surface area contributed by atoms with Gasteiger partial charge >= 0.3 is 5.97 Å². The number of β-amino-alcohol motifs (C(OH)–C–C–N with tert-alkyl or cyclic N) is 1. The molecule has 45 heavy (non-hydrogen) atoms. The molecule has 4 aliphatic rings. The maximum Gasteiger partial charge on any atom is 0.313 e. The van der Waals surface area contributed by atoms with Crippen molar-refractivity contribution in [3.63, 3.8) is 0 Å². The summed E-state index contributed by atoms with van der Waals surface area (Å²) in [5.74, 6) is -3.81. The van der Waals surface area contributed by atoms with E-state index >= 15 is 0 Å². The van der Waals surface area contributed by atoms with Crippen molar-refractivity contribution in [2.45, 2.75) is 50.5 Å². The van der Waals surface area contributed by atoms with Crippen molar-refractivity contribution in [1.82, 2.24) is 10.2 Å². The van der Waals surface area contributed by atoms with Gasteiger partial charge in [-0.25, -0.2) is 0 Å². The maximum absolute atomic E-state index is 14.8. The molecule has 0 radical (unpaired) electrons. The van der Waals surface area contributed by atoms with Gasteiger partial charge in [-0.1, -0.05) is 76.6 Å². The second-order valence-corrected chi connectivity index (χ2v) is 12.8. The molecule has 0 aliphatic carbocycles. The van der Waals surface area contributed by atoms with E-state index in [1.165, 1.54) is 4.90 Å². The zero-order valence-corrected chi connectivity index (χ0v) is 26.7. The van der Waals surface area contributed by atoms with Gasteiger partial charge in [-0.15, -0.1) is 0 Å². The number of amides is 3. The van der Waals surface area contributed by atoms with Gasteiger partial charge < -0.3 is 29.7 Å². The topological polar surface area (TPSA) is 125 Å². The Bertz CT molecular complexity index is 1560. The lowest BCUT2D eigenvalue weighted by atomic mass is 9.74. The van der Waals surface area contributed by atoms with E-state index in [0.29, 0.717) is 22.2 Å². The number of nitrogens with one attached hydrogen (secondary N) is 1. The van der Waals surface area contributed by atoms with Gasteiger partial charge in [0.1, 0.15) is 29.8 Å². The Morgan fingerprint density at radius 1 is 1.00 bits per heavy atom. The van der Waals surface area contributed by atoms with Crippen LogP contribution in [0.4, 0.5) is 5.69 Å². The Kier molecular flexibility index (Phi) is 8.69. The molecule has 5 bridgehead atoms. The number of aliphatic hydroxyl groups excluding tert-OH is 1. The summed E-state index contributed by atoms with van der Waals surface area (Å²) in [4.78, 5) is 58.9. The second-order valence-electron chi connectivity index (χ2n) is 11.9. The van der Waals surface area contributed by atoms with Crippen LogP contribution in [0.3, 0.4) is 0 Å². The smallest absolute Gasteiger partial charge is 0.313 e. The number of carbonyl (C=O) groups is 4. The minimum absolute atomic E-state index is 0.0510. The molecule has 236 valence electrons. The number of aliphatic hydroxyl groups is 1. The van der Waals surface area contributed by atoms with E-state index in [9.17, 15) is 24.3 Å². The third-order valence-electron chi connectivity index (χ3n) is 9.16. The summed E-state index contributed by atoms with van der Waals surface area (Å²) in [5.41, 5.74) is 1.68. The summed E-state index contributed by atoms with van der Waals surface area (Å²) in [6, 6.07) is 13.7. The molecule has 0 unspecified atom stereocenters. The standard InChI is InChI=1S/C34H36BrN3O7/c1-20-10-9-11-21(2)28(20)37-15-8-4-7-14-25(40)36-19-24(22-12-5-3-6-13-22)44-33(43)26-27-31(41)38(16-17-39)30(32(37)42)34(27)18-23(35)29(26)45-34/h3-6,8-13,18,24,26-27,29-30,39H,7,14-17,19H2,1-2H3,(H,36,40)/b8-4-/t24-,26-,27+,29-,30-,34+/m0/s1. The van der Waals surface area contributed by atoms with Crippen molar-refractivity contribution in [2.24, 2.45) is 11.8 Å². The Labute approximate surface area is 270 Å². The van der Waals surface area contributed by atoms with Crippen LogP contribution in [0.2, 0.25) is 0 Å². The molecule has 6 rings (SSSR count). The third-order valence-corrected chi connectivity index (χ3v) is 9.84. The van der Waals surface area contributed by atoms with E-state index in [-0.39, 0.29) is 38.6 Å². The predicted molar refractivity (Wildman–Crippen MR) is 169 cm³/mol. The zero-order valence-electron chi connectivity index (χ0n) is 25.1. The number of cyclic esters (lactones) is 1. The average Bonchev–Trinajstić information content (AvgIpc) is 3.61. The fraction of sp³-hybridized carbons (Fsp3) is 0.412. The number of rotatable bonds is 4. The number of allylic oxidation sites excluding steroid dienone is 1. The SMILES string of the molecule is Cc1cccc(C)c1N1C/C=C\CCC(=O)NC[C@@H](c2ccccc2)OC(=O)[C@@H]2[C@H]3O[C@@]4(C=C3Br)[C@H](C1=O)N(CCO)C(=O)[C@@H]24. The fourth-order valence-electron chi connectivity index (χ4n) is 7.21. The lowest BCUT2D eigenvalue weighted by Crippen LogP contribution is -2.56. The van der Waals surface area contributed by atoms with Gasteiger partial charge in [-0.3, -0.25) is 19.2 Å². The van der Waals surface area contributed by atoms with Crippen molar-refractivity contribution in [3.8, 4) is 0 Å². The van der Waals surface area contributed by atoms with E-state index < -0.39 is 53.5 Å². The lowest BCUT2D eigenvalue weighted by Gasteiger charge is -2.36. The number of hydrogen-bond acceptors (Lipinski definition) is 7. The van der Waals surface area contributed by atoms with E-state index in [1.807, 2.05) is 74.5 Å². The minimum Gasteiger partial charge on any atom is -0.455 e. The summed E-state index contributed by atoms with van der Waals surface area (Å²) in [7, 11) is 0. The number of nitrogens with zero attached hydrogens (tertiary/aromatic N) is 2. The van der Waals surface area contributed by atoms with Gasteiger partial charge in [-0.2, -0.15) is 0 Å². The summed E-state index contributed by atoms with van der Waals surface area (Å²) in [6.07, 6.45) is 4.45. The molecule has 2 N–H and O–H groups in total. The van der Waals surface area contributed by atoms with Crippen LogP contribution in [0.25, 0.3) is 0 Å². The number of para-hydroxylation sites is 1. The highest BCUT2D eigenvalue weighted by molar-refractivity contribution is 9.11. The third kappa shape index (κ3) is 5.40. The molecule has 6 atom stereocenters. The Morgan fingerprint density at radius 3 is 2.44 bits per heavy atom. The van der Waals surface area contributed by atoms with Gasteiger partial charge in [0.15, 0.2) is 0 Å². The van der Waals surface area contributed by atoms with Gasteiger partial charge in [0.2, 0.25) is 11.8 Å². The largest absolute Gasteiger partial charge is 0.455 e. The monoisotopic (exact) mass is 677 g/mol. The number of esters is 1. The van der Waals surface area contributed by atoms with Crippen LogP contribution in [-0.2, 0) is 28.7 Å². The number of likely N-dealkylation sites (tertiary alicyclic amines) is 1. The number of fused-ring (bicyclic) bond motifs is 2. The number of ether oxygens (including phenoxy) is 2. The molecule has 10 nitrogen and oxygen atoms in total. The van der Waals surface area contributed by atoms with Crippen molar-refractivity contribution < 1.29 is 33.8 Å². The molecule has 2 fully saturated rings. The highest BCUT2D eigenvalue weighted by atomic mass is 79.9. The van der Waals surface area contributed by atoms with Crippen LogP contribution in [-0.4, -0.2) is 77.7 Å². The molecule has 0 aromatic heterocycles. The normalized spacial score (nSPS) is 31.0. The van der Waals surface area contributed by atoms with E-state index in [1.54, 1.807) is 11.0 Å². The first-order chi connectivity index (χ1) is 21.7. The summed E-state index contributed by atoms with van der Waals surface area (Å²) in [6.45, 7) is 3.59. The van der Waals surface area contributed by atoms with Crippen LogP contribution in [0.5, 0.6) is 0 Å². The first-order valence-corrected chi connectivity index (χ1v) is 16.0. The van der Waals surface area contributed by atoms with Crippen LogP contribution in [0.15, 0.2) is 71.2 Å². The second kappa shape index (κ2) is 12.5. The minimum atomic E-state index is -1.46. The first kappa shape index (κ1) is 31.2. The average molecular weight is 679 g/mol. The Balaban J connectivity index is 1.47. The molecular formula is C34H36BrN3O7. The number of halogens is 1. The lowest BCUT2D eigenvalue weighted by molar-refractivity contribution is -0.159. The number of anilines is 1. The zero-order chi connectivity index (χ0) is 31.9. The summed E-state index contributed by atoms with van der Waals surface area (Å²) < 4.78 is 13.2. The van der Waals surface area contributed by atoms with Crippen LogP contribution < -0.4 is 10.2 Å². The number of carbonyl (C=O) groups excluding carboxylic acids is 4. The van der Waals surface area contributed by atoms with Crippen LogP contribution >= 0.6 is 15.9 Å². The molecule has 4 heterocycles. The molecular weight excluding hydrogens is 642 g/mol. The molecule has 4 aliphatic heterocycles. The van der Waals surface area contributed by atoms with Gasteiger partial charge in [0.05, 0.1) is 19.1 Å². The van der Waals surface area contributed by atoms with Gasteiger partial charge in [0.25, 0.3) is 5.91 Å². The number of hydrogen-bond donors (Lipinski definition) is 2. The van der Waals surface area contributed by atoms with Crippen molar-refractivity contribution in [1.29, 1.82) is 0 Å². The molecule has 2 aromatic rings. The molecule has 0 saturated carbocycles. The number of aryl methyl sites for hydroxylation is 2. The van der Waals surface area contributed by atoms with E-state index in [0.717, 1.165) is 11.1 Å². The molecule has 2 aromatic carbocycles. The van der Waals surface area contributed by atoms with Crippen molar-refractivity contribution in [3.05, 3.63) is 87.9 Å². The summed E-state index contributed by atoms with van der Waals surface area (Å²) in [5, 5.41) is 12.9. The van der Waals surface area contributed by atoms with E-state index in [4.69, 9.17) is 9.47 Å². The van der Waals surface area contributed by atoms with Crippen molar-refractivity contribution >= 4 is 45.3 Å². The molecule has 3 amide bonds. The maximum atomic E-state index is 14.8. The van der Waals surface area contributed by atoms with Crippen LogP contribution in [0.1, 0.15) is 35.6 Å². The molecule has 11 heteroatoms. The van der Waals surface area contributed by atoms with Gasteiger partial charge in [0, 0.05) is 29.7 Å². The quantitative estimate of drug-likeness (QED) is 0.376. The number of benzene rings is 2. The Morgan fingerprint density at radius 2 is 1.73 bits per heavy atom. The highest BCUT2D eigenvalue weighted by Gasteiger charge is 2.75. The van der Waals surface area contributed by atoms with Crippen LogP contribution in [0, 0.1) is 25.7 Å².